The standard InChI is InChI=1S/C19H16N.C8H11.2ClH.Hf/c1-13-14(2)20(19-10-6-5-9-18(13)19)17-11-15-7-3-4-8-16(15)12-17;1-6-4-5-7(2)8(6)3;;;/h3-12H,1-2H3;4-5H,1-3H3;2*1H;/q2*-1;;;+4/p-2. The normalized spacial score (nSPS) is 9.97. The van der Waals surface area contributed by atoms with Crippen molar-refractivity contribution in [2.45, 2.75) is 34.6 Å². The Morgan fingerprint density at radius 2 is 1.48 bits per heavy atom. The molecule has 158 valence electrons. The molecule has 0 bridgehead atoms. The smallest absolute Gasteiger partial charge is 1.00 e. The van der Waals surface area contributed by atoms with E-state index in [2.05, 4.69) is 112 Å². The van der Waals surface area contributed by atoms with E-state index >= 15 is 0 Å². The van der Waals surface area contributed by atoms with Gasteiger partial charge in [-0.1, -0.05) is 45.0 Å². The van der Waals surface area contributed by atoms with Gasteiger partial charge < -0.3 is 29.4 Å². The fourth-order valence-electron chi connectivity index (χ4n) is 3.94. The molecule has 0 saturated carbocycles. The van der Waals surface area contributed by atoms with Crippen LogP contribution >= 0.6 is 0 Å². The minimum absolute atomic E-state index is 0. The minimum atomic E-state index is 0. The zero-order valence-corrected chi connectivity index (χ0v) is 23.7. The summed E-state index contributed by atoms with van der Waals surface area (Å²) < 4.78 is 2.37. The van der Waals surface area contributed by atoms with Gasteiger partial charge in [-0.3, -0.25) is 0 Å². The van der Waals surface area contributed by atoms with Gasteiger partial charge in [-0.05, 0) is 31.2 Å². The first-order valence-electron chi connectivity index (χ1n) is 9.89. The van der Waals surface area contributed by atoms with Gasteiger partial charge >= 0.3 is 25.8 Å². The average Bonchev–Trinajstić information content (AvgIpc) is 3.34. The largest absolute Gasteiger partial charge is 4.00 e. The molecule has 0 aliphatic heterocycles. The maximum Gasteiger partial charge on any atom is 4.00 e. The number of para-hydroxylation sites is 1. The molecule has 0 N–H and O–H groups in total. The molecule has 1 heterocycles. The summed E-state index contributed by atoms with van der Waals surface area (Å²) >= 11 is 0. The number of benzene rings is 2. The number of fused-ring (bicyclic) bond motifs is 2. The van der Waals surface area contributed by atoms with Crippen LogP contribution in [0, 0.1) is 34.6 Å². The molecule has 4 aromatic carbocycles. The topological polar surface area (TPSA) is 4.93 Å². The molecule has 0 unspecified atom stereocenters. The van der Waals surface area contributed by atoms with Crippen LogP contribution in [0.4, 0.5) is 0 Å². The second-order valence-corrected chi connectivity index (χ2v) is 7.73. The van der Waals surface area contributed by atoms with E-state index in [0.29, 0.717) is 0 Å². The molecule has 0 saturated heterocycles. The Bertz CT molecular complexity index is 1220. The summed E-state index contributed by atoms with van der Waals surface area (Å²) in [4.78, 5) is 0. The number of halogens is 2. The van der Waals surface area contributed by atoms with Crippen LogP contribution in [0.25, 0.3) is 27.4 Å². The van der Waals surface area contributed by atoms with E-state index in [1.54, 1.807) is 0 Å². The van der Waals surface area contributed by atoms with E-state index in [4.69, 9.17) is 0 Å². The van der Waals surface area contributed by atoms with Crippen LogP contribution in [0.5, 0.6) is 0 Å². The molecule has 0 amide bonds. The van der Waals surface area contributed by atoms with E-state index in [-0.39, 0.29) is 50.7 Å². The summed E-state index contributed by atoms with van der Waals surface area (Å²) in [5, 5.41) is 3.95. The Morgan fingerprint density at radius 3 is 2.06 bits per heavy atom. The fourth-order valence-corrected chi connectivity index (χ4v) is 3.94. The molecule has 0 atom stereocenters. The van der Waals surface area contributed by atoms with Crippen LogP contribution in [0.15, 0.2) is 72.8 Å². The maximum atomic E-state index is 2.37. The van der Waals surface area contributed by atoms with Crippen molar-refractivity contribution in [1.29, 1.82) is 0 Å². The van der Waals surface area contributed by atoms with Gasteiger partial charge in [0.05, 0.1) is 5.52 Å². The quantitative estimate of drug-likeness (QED) is 0.199. The van der Waals surface area contributed by atoms with Gasteiger partial charge in [0.25, 0.3) is 0 Å². The molecule has 31 heavy (non-hydrogen) atoms. The molecule has 5 aromatic rings. The molecular formula is C27H27Cl2HfN. The van der Waals surface area contributed by atoms with Crippen molar-refractivity contribution < 1.29 is 50.7 Å². The predicted molar refractivity (Wildman–Crippen MR) is 122 cm³/mol. The molecule has 0 fully saturated rings. The Balaban J connectivity index is 0.000000378. The SMILES string of the molecule is Cc1c(C)n(-c2cc3ccccc3[cH-]2)c2ccccc12.Cc1cc[c-](C)c1C.[Cl-].[Cl-].[Hf+4]. The van der Waals surface area contributed by atoms with Gasteiger partial charge in [0.15, 0.2) is 0 Å². The first kappa shape index (κ1) is 27.4. The summed E-state index contributed by atoms with van der Waals surface area (Å²) in [6.07, 6.45) is 0. The van der Waals surface area contributed by atoms with Crippen molar-refractivity contribution in [1.82, 2.24) is 4.57 Å². The number of hydrogen-bond donors (Lipinski definition) is 0. The monoisotopic (exact) mass is 615 g/mol. The van der Waals surface area contributed by atoms with Crippen LogP contribution in [0.2, 0.25) is 0 Å². The molecule has 0 spiro atoms. The van der Waals surface area contributed by atoms with Crippen LogP contribution in [0.1, 0.15) is 27.9 Å². The first-order chi connectivity index (χ1) is 13.5. The molecule has 0 radical (unpaired) electrons. The number of nitrogens with zero attached hydrogens (tertiary/aromatic N) is 1. The molecule has 5 rings (SSSR count). The van der Waals surface area contributed by atoms with Gasteiger partial charge in [0.1, 0.15) is 0 Å². The van der Waals surface area contributed by atoms with Crippen LogP contribution in [-0.2, 0) is 25.8 Å². The van der Waals surface area contributed by atoms with Crippen molar-refractivity contribution in [2.75, 3.05) is 0 Å². The molecule has 1 nitrogen and oxygen atoms in total. The van der Waals surface area contributed by atoms with E-state index in [0.717, 1.165) is 0 Å². The summed E-state index contributed by atoms with van der Waals surface area (Å²) in [6.45, 7) is 10.8. The van der Waals surface area contributed by atoms with E-state index in [1.807, 2.05) is 0 Å². The van der Waals surface area contributed by atoms with Crippen molar-refractivity contribution in [3.8, 4) is 5.69 Å². The minimum Gasteiger partial charge on any atom is -1.00 e. The third-order valence-electron chi connectivity index (χ3n) is 6.05. The first-order valence-corrected chi connectivity index (χ1v) is 9.89. The van der Waals surface area contributed by atoms with E-state index in [9.17, 15) is 0 Å². The zero-order chi connectivity index (χ0) is 19.8. The molecule has 1 aromatic heterocycles. The van der Waals surface area contributed by atoms with E-state index < -0.39 is 0 Å². The molecule has 0 aliphatic carbocycles. The van der Waals surface area contributed by atoms with Gasteiger partial charge in [-0.15, -0.1) is 41.1 Å². The Kier molecular flexibility index (Phi) is 10.0. The molecule has 4 heteroatoms. The maximum absolute atomic E-state index is 2.37. The number of rotatable bonds is 1. The second kappa shape index (κ2) is 11.3. The Hall–Kier alpha value is -1.61. The van der Waals surface area contributed by atoms with Gasteiger partial charge in [0.2, 0.25) is 0 Å². The summed E-state index contributed by atoms with van der Waals surface area (Å²) in [6, 6.07) is 26.0. The zero-order valence-electron chi connectivity index (χ0n) is 18.6. The van der Waals surface area contributed by atoms with Crippen molar-refractivity contribution in [2.24, 2.45) is 0 Å². The van der Waals surface area contributed by atoms with Crippen LogP contribution < -0.4 is 24.8 Å². The van der Waals surface area contributed by atoms with E-state index in [1.165, 1.54) is 55.3 Å². The number of aryl methyl sites for hydroxylation is 3. The van der Waals surface area contributed by atoms with Gasteiger partial charge in [-0.25, -0.2) is 6.07 Å². The summed E-state index contributed by atoms with van der Waals surface area (Å²) in [7, 11) is 0. The van der Waals surface area contributed by atoms with Crippen LogP contribution in [0.3, 0.4) is 0 Å². The predicted octanol–water partition coefficient (Wildman–Crippen LogP) is 1.46. The summed E-state index contributed by atoms with van der Waals surface area (Å²) in [5.74, 6) is 0. The average molecular weight is 615 g/mol. The number of aromatic nitrogens is 1. The number of hydrogen-bond acceptors (Lipinski definition) is 0. The third kappa shape index (κ3) is 5.25. The summed E-state index contributed by atoms with van der Waals surface area (Å²) in [5.41, 5.74) is 9.48. The van der Waals surface area contributed by atoms with Crippen molar-refractivity contribution in [3.63, 3.8) is 0 Å². The molecular weight excluding hydrogens is 588 g/mol. The second-order valence-electron chi connectivity index (χ2n) is 7.73. The van der Waals surface area contributed by atoms with Crippen molar-refractivity contribution in [3.05, 3.63) is 101 Å². The van der Waals surface area contributed by atoms with Gasteiger partial charge in [0, 0.05) is 11.1 Å². The Labute approximate surface area is 216 Å². The van der Waals surface area contributed by atoms with Crippen LogP contribution in [-0.4, -0.2) is 4.57 Å². The van der Waals surface area contributed by atoms with Crippen molar-refractivity contribution >= 4 is 21.7 Å². The fraction of sp³-hybridized carbons (Fsp3) is 0.185. The Morgan fingerprint density at radius 1 is 0.839 bits per heavy atom. The third-order valence-corrected chi connectivity index (χ3v) is 6.05. The van der Waals surface area contributed by atoms with Gasteiger partial charge in [-0.2, -0.15) is 22.8 Å². The molecule has 0 aliphatic rings.